The monoisotopic (exact) mass is 259 g/mol. The summed E-state index contributed by atoms with van der Waals surface area (Å²) < 4.78 is 13.0. The zero-order valence-electron chi connectivity index (χ0n) is 11.0. The Labute approximate surface area is 112 Å². The predicted octanol–water partition coefficient (Wildman–Crippen LogP) is 2.48. The van der Waals surface area contributed by atoms with E-state index >= 15 is 0 Å². The van der Waals surface area contributed by atoms with Gasteiger partial charge in [-0.1, -0.05) is 12.1 Å². The van der Waals surface area contributed by atoms with Crippen LogP contribution >= 0.6 is 0 Å². The third-order valence-electron chi connectivity index (χ3n) is 3.02. The van der Waals surface area contributed by atoms with Gasteiger partial charge in [0, 0.05) is 37.1 Å². The van der Waals surface area contributed by atoms with E-state index in [1.54, 1.807) is 12.3 Å². The topological polar surface area (TPSA) is 42.2 Å². The summed E-state index contributed by atoms with van der Waals surface area (Å²) in [4.78, 5) is 6.44. The maximum absolute atomic E-state index is 13.0. The molecule has 0 unspecified atom stereocenters. The highest BCUT2D eigenvalue weighted by atomic mass is 19.1. The van der Waals surface area contributed by atoms with E-state index in [-0.39, 0.29) is 5.82 Å². The summed E-state index contributed by atoms with van der Waals surface area (Å²) in [6.45, 7) is 1.59. The molecule has 0 fully saturated rings. The van der Waals surface area contributed by atoms with Crippen LogP contribution in [0.1, 0.15) is 11.3 Å². The molecule has 0 aliphatic carbocycles. The van der Waals surface area contributed by atoms with Crippen molar-refractivity contribution in [2.75, 3.05) is 19.3 Å². The van der Waals surface area contributed by atoms with Crippen LogP contribution in [0.4, 0.5) is 10.1 Å². The minimum Gasteiger partial charge on any atom is -0.398 e. The van der Waals surface area contributed by atoms with Crippen LogP contribution in [0.3, 0.4) is 0 Å². The van der Waals surface area contributed by atoms with Crippen LogP contribution in [0.25, 0.3) is 0 Å². The molecule has 3 nitrogen and oxygen atoms in total. The summed E-state index contributed by atoms with van der Waals surface area (Å²) in [7, 11) is 2.02. The zero-order valence-corrected chi connectivity index (χ0v) is 11.0. The van der Waals surface area contributed by atoms with Gasteiger partial charge < -0.3 is 10.6 Å². The summed E-state index contributed by atoms with van der Waals surface area (Å²) >= 11 is 0. The summed E-state index contributed by atoms with van der Waals surface area (Å²) in [5, 5.41) is 0. The SMILES string of the molecule is CN(CCc1ccccn1)Cc1ccc(F)cc1N. The lowest BCUT2D eigenvalue weighted by atomic mass is 10.1. The number of rotatable bonds is 5. The highest BCUT2D eigenvalue weighted by Gasteiger charge is 2.05. The normalized spacial score (nSPS) is 10.9. The second kappa shape index (κ2) is 6.29. The first-order valence-electron chi connectivity index (χ1n) is 6.27. The minimum absolute atomic E-state index is 0.294. The quantitative estimate of drug-likeness (QED) is 0.839. The molecule has 1 aromatic heterocycles. The highest BCUT2D eigenvalue weighted by molar-refractivity contribution is 5.46. The first kappa shape index (κ1) is 13.5. The van der Waals surface area contributed by atoms with Gasteiger partial charge in [-0.3, -0.25) is 4.98 Å². The Morgan fingerprint density at radius 1 is 1.26 bits per heavy atom. The number of benzene rings is 1. The fourth-order valence-corrected chi connectivity index (χ4v) is 1.93. The van der Waals surface area contributed by atoms with E-state index in [1.165, 1.54) is 12.1 Å². The molecule has 4 heteroatoms. The van der Waals surface area contributed by atoms with Crippen LogP contribution in [0, 0.1) is 5.82 Å². The van der Waals surface area contributed by atoms with Gasteiger partial charge in [-0.2, -0.15) is 0 Å². The molecule has 0 spiro atoms. The Balaban J connectivity index is 1.89. The Kier molecular flexibility index (Phi) is 4.47. The largest absolute Gasteiger partial charge is 0.398 e. The van der Waals surface area contributed by atoms with Crippen LogP contribution < -0.4 is 5.73 Å². The van der Waals surface area contributed by atoms with Gasteiger partial charge in [-0.15, -0.1) is 0 Å². The van der Waals surface area contributed by atoms with Crippen molar-refractivity contribution in [3.63, 3.8) is 0 Å². The van der Waals surface area contributed by atoms with Gasteiger partial charge in [0.25, 0.3) is 0 Å². The zero-order chi connectivity index (χ0) is 13.7. The van der Waals surface area contributed by atoms with Crippen LogP contribution in [0.2, 0.25) is 0 Å². The van der Waals surface area contributed by atoms with Crippen molar-refractivity contribution in [3.05, 3.63) is 59.7 Å². The van der Waals surface area contributed by atoms with Crippen molar-refractivity contribution in [1.29, 1.82) is 0 Å². The highest BCUT2D eigenvalue weighted by Crippen LogP contribution is 2.15. The smallest absolute Gasteiger partial charge is 0.125 e. The van der Waals surface area contributed by atoms with Crippen molar-refractivity contribution in [2.24, 2.45) is 0 Å². The number of likely N-dealkylation sites (N-methyl/N-ethyl adjacent to an activating group) is 1. The Morgan fingerprint density at radius 2 is 2.11 bits per heavy atom. The number of nitrogen functional groups attached to an aromatic ring is 1. The molecule has 100 valence electrons. The molecule has 0 radical (unpaired) electrons. The van der Waals surface area contributed by atoms with Crippen molar-refractivity contribution >= 4 is 5.69 Å². The van der Waals surface area contributed by atoms with Gasteiger partial charge in [0.05, 0.1) is 0 Å². The molecule has 0 bridgehead atoms. The second-order valence-electron chi connectivity index (χ2n) is 4.65. The van der Waals surface area contributed by atoms with E-state index in [4.69, 9.17) is 5.73 Å². The molecule has 2 N–H and O–H groups in total. The van der Waals surface area contributed by atoms with Crippen LogP contribution in [0.15, 0.2) is 42.6 Å². The fraction of sp³-hybridized carbons (Fsp3) is 0.267. The van der Waals surface area contributed by atoms with E-state index in [0.717, 1.165) is 24.2 Å². The molecule has 0 atom stereocenters. The number of hydrogen-bond acceptors (Lipinski definition) is 3. The van der Waals surface area contributed by atoms with Gasteiger partial charge in [-0.05, 0) is 36.9 Å². The van der Waals surface area contributed by atoms with Gasteiger partial charge in [0.1, 0.15) is 5.82 Å². The molecule has 1 aromatic carbocycles. The molecule has 0 aliphatic heterocycles. The average Bonchev–Trinajstić information content (AvgIpc) is 2.41. The van der Waals surface area contributed by atoms with Gasteiger partial charge >= 0.3 is 0 Å². The Morgan fingerprint density at radius 3 is 2.79 bits per heavy atom. The molecule has 0 saturated heterocycles. The van der Waals surface area contributed by atoms with Gasteiger partial charge in [0.15, 0.2) is 0 Å². The van der Waals surface area contributed by atoms with E-state index in [9.17, 15) is 4.39 Å². The van der Waals surface area contributed by atoms with Crippen LogP contribution in [-0.4, -0.2) is 23.5 Å². The minimum atomic E-state index is -0.294. The van der Waals surface area contributed by atoms with Crippen LogP contribution in [0.5, 0.6) is 0 Å². The summed E-state index contributed by atoms with van der Waals surface area (Å²) in [6.07, 6.45) is 2.69. The molecule has 19 heavy (non-hydrogen) atoms. The first-order valence-corrected chi connectivity index (χ1v) is 6.27. The number of anilines is 1. The van der Waals surface area contributed by atoms with Gasteiger partial charge in [-0.25, -0.2) is 4.39 Å². The third-order valence-corrected chi connectivity index (χ3v) is 3.02. The van der Waals surface area contributed by atoms with E-state index in [1.807, 2.05) is 25.2 Å². The predicted molar refractivity (Wildman–Crippen MR) is 75.1 cm³/mol. The molecular weight excluding hydrogens is 241 g/mol. The number of pyridine rings is 1. The summed E-state index contributed by atoms with van der Waals surface area (Å²) in [5.41, 5.74) is 8.32. The molecular formula is C15H18FN3. The van der Waals surface area contributed by atoms with E-state index < -0.39 is 0 Å². The number of nitrogens with zero attached hydrogens (tertiary/aromatic N) is 2. The number of hydrogen-bond donors (Lipinski definition) is 1. The molecule has 0 aliphatic rings. The number of halogens is 1. The lowest BCUT2D eigenvalue weighted by Gasteiger charge is -2.17. The van der Waals surface area contributed by atoms with Crippen molar-refractivity contribution in [1.82, 2.24) is 9.88 Å². The van der Waals surface area contributed by atoms with Crippen molar-refractivity contribution in [3.8, 4) is 0 Å². The lowest BCUT2D eigenvalue weighted by molar-refractivity contribution is 0.330. The summed E-state index contributed by atoms with van der Waals surface area (Å²) in [6, 6.07) is 10.5. The molecule has 1 heterocycles. The van der Waals surface area contributed by atoms with Crippen LogP contribution in [-0.2, 0) is 13.0 Å². The lowest BCUT2D eigenvalue weighted by Crippen LogP contribution is -2.21. The molecule has 0 saturated carbocycles. The maximum atomic E-state index is 13.0. The van der Waals surface area contributed by atoms with Gasteiger partial charge in [0.2, 0.25) is 0 Å². The maximum Gasteiger partial charge on any atom is 0.125 e. The Hall–Kier alpha value is -1.94. The second-order valence-corrected chi connectivity index (χ2v) is 4.65. The molecule has 0 amide bonds. The average molecular weight is 259 g/mol. The van der Waals surface area contributed by atoms with E-state index in [2.05, 4.69) is 9.88 Å². The third kappa shape index (κ3) is 4.03. The van der Waals surface area contributed by atoms with Crippen molar-refractivity contribution < 1.29 is 4.39 Å². The number of aromatic nitrogens is 1. The first-order chi connectivity index (χ1) is 9.15. The molecule has 2 rings (SSSR count). The Bertz CT molecular complexity index is 528. The fourth-order valence-electron chi connectivity index (χ4n) is 1.93. The number of nitrogens with two attached hydrogens (primary N) is 1. The molecule has 2 aromatic rings. The van der Waals surface area contributed by atoms with E-state index in [0.29, 0.717) is 12.2 Å². The van der Waals surface area contributed by atoms with Crippen molar-refractivity contribution in [2.45, 2.75) is 13.0 Å². The standard InChI is InChI=1S/C15H18FN3/c1-19(9-7-14-4-2-3-8-18-14)11-12-5-6-13(16)10-15(12)17/h2-6,8,10H,7,9,11,17H2,1H3. The summed E-state index contributed by atoms with van der Waals surface area (Å²) in [5.74, 6) is -0.294.